The average molecular weight is 326 g/mol. The van der Waals surface area contributed by atoms with Gasteiger partial charge in [0.1, 0.15) is 0 Å². The van der Waals surface area contributed by atoms with Gasteiger partial charge in [0.15, 0.2) is 0 Å². The second-order valence-electron chi connectivity index (χ2n) is 5.31. The van der Waals surface area contributed by atoms with Gasteiger partial charge in [0.05, 0.1) is 5.75 Å². The maximum atomic E-state index is 11.6. The third-order valence-electron chi connectivity index (χ3n) is 3.36. The molecular weight excluding hydrogens is 300 g/mol. The van der Waals surface area contributed by atoms with Crippen molar-refractivity contribution < 1.29 is 13.2 Å². The summed E-state index contributed by atoms with van der Waals surface area (Å²) in [4.78, 5) is 13.3. The molecule has 1 aromatic rings. The molecule has 1 aromatic carbocycles. The van der Waals surface area contributed by atoms with Crippen molar-refractivity contribution in [3.63, 3.8) is 0 Å². The summed E-state index contributed by atoms with van der Waals surface area (Å²) in [6.07, 6.45) is 2.36. The fourth-order valence-electron chi connectivity index (χ4n) is 2.22. The Balaban J connectivity index is 2.35. The lowest BCUT2D eigenvalue weighted by Crippen LogP contribution is -2.38. The largest absolute Gasteiger partial charge is 0.342 e. The van der Waals surface area contributed by atoms with Gasteiger partial charge in [0, 0.05) is 26.6 Å². The summed E-state index contributed by atoms with van der Waals surface area (Å²) in [7, 11) is -3.20. The van der Waals surface area contributed by atoms with Crippen LogP contribution in [0.4, 0.5) is 0 Å². The number of rotatable bonds is 10. The van der Waals surface area contributed by atoms with E-state index in [0.717, 1.165) is 12.8 Å². The first-order chi connectivity index (χ1) is 10.4. The Morgan fingerprint density at radius 2 is 1.86 bits per heavy atom. The molecule has 0 heterocycles. The van der Waals surface area contributed by atoms with E-state index in [9.17, 15) is 13.2 Å². The normalized spacial score (nSPS) is 11.4. The fraction of sp³-hybridized carbons (Fsp3) is 0.562. The van der Waals surface area contributed by atoms with E-state index in [1.54, 1.807) is 4.90 Å². The number of carbonyl (C=O) groups excluding carboxylic acids is 1. The first-order valence-electron chi connectivity index (χ1n) is 7.71. The van der Waals surface area contributed by atoms with Crippen LogP contribution in [0.25, 0.3) is 0 Å². The number of benzene rings is 1. The van der Waals surface area contributed by atoms with Crippen molar-refractivity contribution in [2.24, 2.45) is 0 Å². The van der Waals surface area contributed by atoms with Gasteiger partial charge in [0.25, 0.3) is 0 Å². The van der Waals surface area contributed by atoms with E-state index in [1.165, 1.54) is 12.5 Å². The Hall–Kier alpha value is -1.40. The monoisotopic (exact) mass is 326 g/mol. The van der Waals surface area contributed by atoms with E-state index in [-0.39, 0.29) is 18.2 Å². The third kappa shape index (κ3) is 7.56. The summed E-state index contributed by atoms with van der Waals surface area (Å²) in [5, 5.41) is 0. The molecule has 0 saturated carbocycles. The number of sulfonamides is 1. The molecule has 0 aliphatic carbocycles. The highest BCUT2D eigenvalue weighted by atomic mass is 32.2. The summed E-state index contributed by atoms with van der Waals surface area (Å²) in [5.41, 5.74) is 1.25. The molecule has 0 aliphatic rings. The third-order valence-corrected chi connectivity index (χ3v) is 4.95. The van der Waals surface area contributed by atoms with Crippen molar-refractivity contribution in [1.29, 1.82) is 0 Å². The van der Waals surface area contributed by atoms with Crippen LogP contribution in [0.15, 0.2) is 30.3 Å². The van der Waals surface area contributed by atoms with Gasteiger partial charge in [-0.2, -0.15) is 0 Å². The van der Waals surface area contributed by atoms with Crippen LogP contribution in [0, 0.1) is 0 Å². The van der Waals surface area contributed by atoms with Gasteiger partial charge in [-0.15, -0.1) is 0 Å². The van der Waals surface area contributed by atoms with Crippen LogP contribution in [-0.4, -0.2) is 44.6 Å². The quantitative estimate of drug-likeness (QED) is 0.713. The van der Waals surface area contributed by atoms with Crippen LogP contribution in [0.1, 0.15) is 32.3 Å². The fourth-order valence-corrected chi connectivity index (χ4v) is 3.31. The van der Waals surface area contributed by atoms with Gasteiger partial charge >= 0.3 is 0 Å². The molecule has 0 spiro atoms. The number of aryl methyl sites for hydroxylation is 1. The highest BCUT2D eigenvalue weighted by Gasteiger charge is 2.11. The second kappa shape index (κ2) is 9.58. The molecule has 1 N–H and O–H groups in total. The topological polar surface area (TPSA) is 66.5 Å². The molecule has 0 atom stereocenters. The standard InChI is InChI=1S/C16H26N2O3S/c1-3-14-22(20,21)17-11-13-18(15(2)19)12-7-10-16-8-5-4-6-9-16/h4-6,8-9,17H,3,7,10-14H2,1-2H3. The molecule has 1 rings (SSSR count). The summed E-state index contributed by atoms with van der Waals surface area (Å²) in [5.74, 6) is 0.101. The summed E-state index contributed by atoms with van der Waals surface area (Å²) in [6.45, 7) is 4.66. The average Bonchev–Trinajstić information content (AvgIpc) is 2.46. The van der Waals surface area contributed by atoms with Crippen molar-refractivity contribution in [2.45, 2.75) is 33.1 Å². The van der Waals surface area contributed by atoms with Gasteiger partial charge in [-0.05, 0) is 24.8 Å². The van der Waals surface area contributed by atoms with Crippen LogP contribution in [0.5, 0.6) is 0 Å². The van der Waals surface area contributed by atoms with E-state index >= 15 is 0 Å². The van der Waals surface area contributed by atoms with Gasteiger partial charge in [-0.3, -0.25) is 4.79 Å². The second-order valence-corrected chi connectivity index (χ2v) is 7.23. The number of amides is 1. The molecule has 0 unspecified atom stereocenters. The molecule has 5 nitrogen and oxygen atoms in total. The lowest BCUT2D eigenvalue weighted by atomic mass is 10.1. The highest BCUT2D eigenvalue weighted by Crippen LogP contribution is 2.04. The van der Waals surface area contributed by atoms with Crippen LogP contribution >= 0.6 is 0 Å². The Morgan fingerprint density at radius 3 is 2.45 bits per heavy atom. The Morgan fingerprint density at radius 1 is 1.18 bits per heavy atom. The van der Waals surface area contributed by atoms with E-state index in [4.69, 9.17) is 0 Å². The first-order valence-corrected chi connectivity index (χ1v) is 9.36. The molecule has 0 radical (unpaired) electrons. The Labute approximate surface area is 133 Å². The molecule has 0 aromatic heterocycles. The van der Waals surface area contributed by atoms with Crippen molar-refractivity contribution in [3.05, 3.63) is 35.9 Å². The van der Waals surface area contributed by atoms with Crippen molar-refractivity contribution >= 4 is 15.9 Å². The van der Waals surface area contributed by atoms with Crippen molar-refractivity contribution in [1.82, 2.24) is 9.62 Å². The van der Waals surface area contributed by atoms with Gasteiger partial charge in [0.2, 0.25) is 15.9 Å². The molecular formula is C16H26N2O3S. The summed E-state index contributed by atoms with van der Waals surface area (Å²) < 4.78 is 25.7. The number of nitrogens with one attached hydrogen (secondary N) is 1. The molecule has 1 amide bonds. The van der Waals surface area contributed by atoms with Crippen LogP contribution < -0.4 is 4.72 Å². The molecule has 22 heavy (non-hydrogen) atoms. The van der Waals surface area contributed by atoms with Crippen LogP contribution in [0.3, 0.4) is 0 Å². The predicted octanol–water partition coefficient (Wildman–Crippen LogP) is 1.80. The number of carbonyl (C=O) groups is 1. The zero-order valence-electron chi connectivity index (χ0n) is 13.4. The molecule has 6 heteroatoms. The van der Waals surface area contributed by atoms with Crippen LogP contribution in [0.2, 0.25) is 0 Å². The zero-order valence-corrected chi connectivity index (χ0v) is 14.2. The van der Waals surface area contributed by atoms with Crippen LogP contribution in [-0.2, 0) is 21.2 Å². The lowest BCUT2D eigenvalue weighted by Gasteiger charge is -2.21. The predicted molar refractivity (Wildman–Crippen MR) is 89.1 cm³/mol. The molecule has 0 fully saturated rings. The van der Waals surface area contributed by atoms with E-state index in [1.807, 2.05) is 25.1 Å². The molecule has 0 saturated heterocycles. The van der Waals surface area contributed by atoms with E-state index in [0.29, 0.717) is 19.5 Å². The van der Waals surface area contributed by atoms with E-state index in [2.05, 4.69) is 16.9 Å². The zero-order chi connectivity index (χ0) is 16.4. The molecule has 0 bridgehead atoms. The lowest BCUT2D eigenvalue weighted by molar-refractivity contribution is -0.128. The summed E-state index contributed by atoms with van der Waals surface area (Å²) >= 11 is 0. The number of hydrogen-bond acceptors (Lipinski definition) is 3. The maximum Gasteiger partial charge on any atom is 0.219 e. The minimum Gasteiger partial charge on any atom is -0.342 e. The number of nitrogens with zero attached hydrogens (tertiary/aromatic N) is 1. The summed E-state index contributed by atoms with van der Waals surface area (Å²) in [6, 6.07) is 10.1. The minimum atomic E-state index is -3.20. The van der Waals surface area contributed by atoms with Crippen molar-refractivity contribution in [2.75, 3.05) is 25.4 Å². The Kier molecular flexibility index (Phi) is 8.12. The van der Waals surface area contributed by atoms with Crippen molar-refractivity contribution in [3.8, 4) is 0 Å². The SMILES string of the molecule is CCCS(=O)(=O)NCCN(CCCc1ccccc1)C(C)=O. The van der Waals surface area contributed by atoms with Gasteiger partial charge in [-0.25, -0.2) is 13.1 Å². The van der Waals surface area contributed by atoms with E-state index < -0.39 is 10.0 Å². The molecule has 124 valence electrons. The smallest absolute Gasteiger partial charge is 0.219 e. The minimum absolute atomic E-state index is 0.0252. The maximum absolute atomic E-state index is 11.6. The highest BCUT2D eigenvalue weighted by molar-refractivity contribution is 7.89. The van der Waals surface area contributed by atoms with Gasteiger partial charge < -0.3 is 4.90 Å². The Bertz CT molecular complexity index is 544. The molecule has 0 aliphatic heterocycles. The first kappa shape index (κ1) is 18.6. The van der Waals surface area contributed by atoms with Gasteiger partial charge in [-0.1, -0.05) is 37.3 Å². The number of hydrogen-bond donors (Lipinski definition) is 1.